The van der Waals surface area contributed by atoms with Crippen LogP contribution in [0, 0.1) is 3.57 Å². The zero-order chi connectivity index (χ0) is 18.6. The molecular weight excluding hydrogens is 478 g/mol. The highest BCUT2D eigenvalue weighted by Crippen LogP contribution is 2.28. The zero-order valence-corrected chi connectivity index (χ0v) is 15.1. The van der Waals surface area contributed by atoms with Gasteiger partial charge in [0.25, 0.3) is 0 Å². The minimum absolute atomic E-state index is 0.152. The molecule has 1 saturated heterocycles. The van der Waals surface area contributed by atoms with E-state index in [0.717, 1.165) is 17.8 Å². The molecule has 0 bridgehead atoms. The number of ether oxygens (including phenoxy) is 1. The van der Waals surface area contributed by atoms with Crippen LogP contribution in [0.25, 0.3) is 0 Å². The first-order valence-electron chi connectivity index (χ1n) is 6.49. The van der Waals surface area contributed by atoms with Gasteiger partial charge in [-0.05, 0) is 46.4 Å². The fourth-order valence-electron chi connectivity index (χ4n) is 1.70. The molecule has 0 spiro atoms. The molecule has 0 radical (unpaired) electrons. The predicted octanol–water partition coefficient (Wildman–Crippen LogP) is 2.59. The summed E-state index contributed by atoms with van der Waals surface area (Å²) in [7, 11) is 0. The van der Waals surface area contributed by atoms with Gasteiger partial charge in [-0.15, -0.1) is 18.3 Å². The van der Waals surface area contributed by atoms with Crippen LogP contribution >= 0.6 is 34.4 Å². The lowest BCUT2D eigenvalue weighted by Gasteiger charge is -2.10. The van der Waals surface area contributed by atoms with Crippen molar-refractivity contribution in [3.8, 4) is 5.75 Å². The predicted molar refractivity (Wildman–Crippen MR) is 92.6 cm³/mol. The summed E-state index contributed by atoms with van der Waals surface area (Å²) in [6.45, 7) is 0. The Hall–Kier alpha value is -1.83. The van der Waals surface area contributed by atoms with Crippen LogP contribution in [0.5, 0.6) is 5.75 Å². The molecule has 12 heteroatoms. The number of thioether (sulfide) groups is 1. The summed E-state index contributed by atoms with van der Waals surface area (Å²) in [5, 5.41) is 17.9. The molecule has 0 aliphatic carbocycles. The van der Waals surface area contributed by atoms with E-state index >= 15 is 0 Å². The number of halogens is 4. The third-order valence-electron chi connectivity index (χ3n) is 2.67. The maximum atomic E-state index is 12.2. The lowest BCUT2D eigenvalue weighted by molar-refractivity contribution is -0.275. The number of carbonyl (C=O) groups is 2. The van der Waals surface area contributed by atoms with E-state index in [-0.39, 0.29) is 20.9 Å². The van der Waals surface area contributed by atoms with Crippen molar-refractivity contribution in [2.45, 2.75) is 18.0 Å². The highest BCUT2D eigenvalue weighted by molar-refractivity contribution is 14.1. The van der Waals surface area contributed by atoms with Gasteiger partial charge in [0.15, 0.2) is 5.17 Å². The third-order valence-corrected chi connectivity index (χ3v) is 4.59. The molecule has 25 heavy (non-hydrogen) atoms. The van der Waals surface area contributed by atoms with Crippen molar-refractivity contribution in [3.63, 3.8) is 0 Å². The first-order valence-corrected chi connectivity index (χ1v) is 8.45. The van der Waals surface area contributed by atoms with Crippen LogP contribution in [-0.2, 0) is 9.59 Å². The fraction of sp³-hybridized carbons (Fsp3) is 0.231. The van der Waals surface area contributed by atoms with Crippen LogP contribution in [0.15, 0.2) is 28.4 Å². The average molecular weight is 487 g/mol. The number of alkyl halides is 3. The van der Waals surface area contributed by atoms with Gasteiger partial charge in [-0.3, -0.25) is 9.59 Å². The van der Waals surface area contributed by atoms with Gasteiger partial charge in [0, 0.05) is 0 Å². The van der Waals surface area contributed by atoms with Gasteiger partial charge in [-0.25, -0.2) is 0 Å². The second kappa shape index (κ2) is 8.03. The molecule has 1 amide bonds. The fourth-order valence-corrected chi connectivity index (χ4v) is 3.26. The van der Waals surface area contributed by atoms with E-state index in [2.05, 4.69) is 20.3 Å². The van der Waals surface area contributed by atoms with Gasteiger partial charge >= 0.3 is 12.3 Å². The minimum Gasteiger partial charge on any atom is -0.481 e. The molecule has 1 aliphatic rings. The van der Waals surface area contributed by atoms with Crippen LogP contribution in [0.2, 0.25) is 0 Å². The third kappa shape index (κ3) is 6.19. The normalized spacial score (nSPS) is 19.4. The van der Waals surface area contributed by atoms with E-state index in [9.17, 15) is 22.8 Å². The number of benzene rings is 1. The number of rotatable bonds is 5. The molecule has 1 heterocycles. The summed E-state index contributed by atoms with van der Waals surface area (Å²) in [5.41, 5.74) is 0.472. The van der Waals surface area contributed by atoms with Crippen molar-refractivity contribution in [1.82, 2.24) is 5.32 Å². The van der Waals surface area contributed by atoms with E-state index in [0.29, 0.717) is 5.56 Å². The van der Waals surface area contributed by atoms with Crippen LogP contribution in [0.4, 0.5) is 13.2 Å². The number of nitrogens with zero attached hydrogens (tertiary/aromatic N) is 2. The summed E-state index contributed by atoms with van der Waals surface area (Å²) in [4.78, 5) is 22.1. The molecule has 1 atom stereocenters. The van der Waals surface area contributed by atoms with Crippen LogP contribution in [0.3, 0.4) is 0 Å². The number of carboxylic acid groups (broad SMARTS) is 1. The van der Waals surface area contributed by atoms with Gasteiger partial charge in [0.2, 0.25) is 5.91 Å². The van der Waals surface area contributed by atoms with Crippen molar-refractivity contribution >= 4 is 57.6 Å². The Morgan fingerprint density at radius 1 is 1.48 bits per heavy atom. The lowest BCUT2D eigenvalue weighted by atomic mass is 10.2. The number of hydrogen-bond donors (Lipinski definition) is 2. The Kier molecular flexibility index (Phi) is 6.26. The van der Waals surface area contributed by atoms with Gasteiger partial charge < -0.3 is 15.2 Å². The summed E-state index contributed by atoms with van der Waals surface area (Å²) >= 11 is 2.64. The van der Waals surface area contributed by atoms with E-state index in [1.54, 1.807) is 22.6 Å². The van der Waals surface area contributed by atoms with Gasteiger partial charge in [0.05, 0.1) is 16.2 Å². The van der Waals surface area contributed by atoms with E-state index < -0.39 is 23.5 Å². The Morgan fingerprint density at radius 3 is 2.80 bits per heavy atom. The number of carbonyl (C=O) groups excluding carboxylic acids is 1. The molecule has 1 aromatic rings. The Bertz CT molecular complexity index is 755. The molecule has 0 aromatic heterocycles. The number of amides is 1. The smallest absolute Gasteiger partial charge is 0.481 e. The standard InChI is InChI=1S/C13H9F3IN3O4S/c14-13(15,16)24-8-2-1-6(3-7(8)17)5-18-20-12-19-11(23)9(25-12)4-10(21)22/h1-3,5,9H,4H2,(H,21,22)(H,19,20,23). The Balaban J connectivity index is 2.02. The molecule has 1 aliphatic heterocycles. The highest BCUT2D eigenvalue weighted by atomic mass is 127. The monoisotopic (exact) mass is 487 g/mol. The molecule has 2 N–H and O–H groups in total. The summed E-state index contributed by atoms with van der Waals surface area (Å²) in [6.07, 6.45) is -3.83. The van der Waals surface area contributed by atoms with Crippen molar-refractivity contribution in [2.24, 2.45) is 10.2 Å². The van der Waals surface area contributed by atoms with Gasteiger partial charge in [0.1, 0.15) is 11.0 Å². The van der Waals surface area contributed by atoms with Crippen LogP contribution in [0.1, 0.15) is 12.0 Å². The highest BCUT2D eigenvalue weighted by Gasteiger charge is 2.32. The Labute approximate surface area is 156 Å². The molecule has 2 rings (SSSR count). The maximum Gasteiger partial charge on any atom is 0.573 e. The van der Waals surface area contributed by atoms with E-state index in [1.807, 2.05) is 0 Å². The van der Waals surface area contributed by atoms with Gasteiger partial charge in [-0.1, -0.05) is 11.8 Å². The lowest BCUT2D eigenvalue weighted by Crippen LogP contribution is -2.26. The van der Waals surface area contributed by atoms with Crippen LogP contribution in [-0.4, -0.2) is 40.0 Å². The molecule has 7 nitrogen and oxygen atoms in total. The number of nitrogens with one attached hydrogen (secondary N) is 1. The van der Waals surface area contributed by atoms with Crippen molar-refractivity contribution in [3.05, 3.63) is 27.3 Å². The molecule has 1 unspecified atom stereocenters. The van der Waals surface area contributed by atoms with Crippen molar-refractivity contribution in [2.75, 3.05) is 0 Å². The first-order chi connectivity index (χ1) is 11.6. The Morgan fingerprint density at radius 2 is 2.20 bits per heavy atom. The van der Waals surface area contributed by atoms with Crippen LogP contribution < -0.4 is 10.1 Å². The number of hydrogen-bond acceptors (Lipinski definition) is 6. The number of aliphatic carboxylic acids is 1. The maximum absolute atomic E-state index is 12.2. The first kappa shape index (κ1) is 19.5. The topological polar surface area (TPSA) is 100 Å². The molecule has 134 valence electrons. The molecule has 1 fully saturated rings. The number of carboxylic acids is 1. The van der Waals surface area contributed by atoms with E-state index in [1.165, 1.54) is 18.3 Å². The zero-order valence-electron chi connectivity index (χ0n) is 12.1. The van der Waals surface area contributed by atoms with Crippen molar-refractivity contribution < 1.29 is 32.6 Å². The summed E-state index contributed by atoms with van der Waals surface area (Å²) in [5.74, 6) is -1.90. The van der Waals surface area contributed by atoms with E-state index in [4.69, 9.17) is 5.11 Å². The van der Waals surface area contributed by atoms with Gasteiger partial charge in [-0.2, -0.15) is 5.10 Å². The SMILES string of the molecule is O=C(O)CC1SC(=NN=Cc2ccc(OC(F)(F)F)c(I)c2)NC1=O. The molecular formula is C13H9F3IN3O4S. The minimum atomic E-state index is -4.77. The van der Waals surface area contributed by atoms with Crippen molar-refractivity contribution in [1.29, 1.82) is 0 Å². The largest absolute Gasteiger partial charge is 0.573 e. The second-order valence-electron chi connectivity index (χ2n) is 4.58. The summed E-state index contributed by atoms with van der Waals surface area (Å²) in [6, 6.07) is 3.93. The quantitative estimate of drug-likeness (QED) is 0.378. The molecule has 1 aromatic carbocycles. The number of amidine groups is 1. The molecule has 0 saturated carbocycles. The summed E-state index contributed by atoms with van der Waals surface area (Å²) < 4.78 is 40.7. The second-order valence-corrected chi connectivity index (χ2v) is 6.93. The average Bonchev–Trinajstić information content (AvgIpc) is 2.80.